The van der Waals surface area contributed by atoms with E-state index in [-0.39, 0.29) is 5.41 Å². The second-order valence-electron chi connectivity index (χ2n) is 10.7. The molecule has 0 spiro atoms. The van der Waals surface area contributed by atoms with Crippen molar-refractivity contribution >= 4 is 27.8 Å². The van der Waals surface area contributed by atoms with Crippen LogP contribution >= 0.6 is 0 Å². The number of para-hydroxylation sites is 2. The van der Waals surface area contributed by atoms with Crippen molar-refractivity contribution in [3.63, 3.8) is 0 Å². The summed E-state index contributed by atoms with van der Waals surface area (Å²) < 4.78 is 0. The molecular weight excluding hydrogens is 444 g/mol. The standard InChI is InChI=1S/C30H32N6/c1-30(2,3)23-12-10-21(11-13-23)29-33-25-8-5-9-26(28(25)34-29)36-18-16-35(17-19-36)20-22-6-4-7-24-27(22)32-15-14-31-24/h4-15H,16-20H2,1-3H3,(H,33,34). The van der Waals surface area contributed by atoms with Crippen LogP contribution in [0.3, 0.4) is 0 Å². The Labute approximate surface area is 212 Å². The molecule has 0 saturated carbocycles. The largest absolute Gasteiger partial charge is 0.367 e. The number of aromatic amines is 1. The van der Waals surface area contributed by atoms with Crippen LogP contribution in [0.2, 0.25) is 0 Å². The zero-order chi connectivity index (χ0) is 24.7. The number of imidazole rings is 1. The Balaban J connectivity index is 1.19. The highest BCUT2D eigenvalue weighted by molar-refractivity contribution is 5.91. The summed E-state index contributed by atoms with van der Waals surface area (Å²) in [7, 11) is 0. The first-order valence-electron chi connectivity index (χ1n) is 12.7. The van der Waals surface area contributed by atoms with E-state index in [0.29, 0.717) is 0 Å². The highest BCUT2D eigenvalue weighted by Gasteiger charge is 2.21. The number of aromatic nitrogens is 4. The number of H-pyrrole nitrogens is 1. The lowest BCUT2D eigenvalue weighted by molar-refractivity contribution is 0.250. The second kappa shape index (κ2) is 9.03. The number of piperazine rings is 1. The van der Waals surface area contributed by atoms with Gasteiger partial charge in [-0.25, -0.2) is 4.98 Å². The lowest BCUT2D eigenvalue weighted by Crippen LogP contribution is -2.46. The van der Waals surface area contributed by atoms with E-state index in [9.17, 15) is 0 Å². The van der Waals surface area contributed by atoms with Crippen molar-refractivity contribution in [1.29, 1.82) is 0 Å². The number of hydrogen-bond acceptors (Lipinski definition) is 5. The maximum Gasteiger partial charge on any atom is 0.138 e. The minimum Gasteiger partial charge on any atom is -0.367 e. The molecule has 3 heterocycles. The summed E-state index contributed by atoms with van der Waals surface area (Å²) in [6.45, 7) is 11.6. The molecule has 6 heteroatoms. The van der Waals surface area contributed by atoms with E-state index in [2.05, 4.69) is 100 Å². The van der Waals surface area contributed by atoms with Crippen LogP contribution in [0.1, 0.15) is 31.9 Å². The topological polar surface area (TPSA) is 60.9 Å². The number of fused-ring (bicyclic) bond motifs is 2. The Morgan fingerprint density at radius 3 is 2.33 bits per heavy atom. The minimum absolute atomic E-state index is 0.142. The van der Waals surface area contributed by atoms with Gasteiger partial charge in [-0.05, 0) is 34.7 Å². The zero-order valence-corrected chi connectivity index (χ0v) is 21.2. The Hall–Kier alpha value is -3.77. The van der Waals surface area contributed by atoms with Crippen molar-refractivity contribution in [3.8, 4) is 11.4 Å². The molecule has 5 aromatic rings. The molecule has 6 nitrogen and oxygen atoms in total. The van der Waals surface area contributed by atoms with Gasteiger partial charge in [0.15, 0.2) is 0 Å². The second-order valence-corrected chi connectivity index (χ2v) is 10.7. The van der Waals surface area contributed by atoms with Gasteiger partial charge in [0.1, 0.15) is 11.3 Å². The van der Waals surface area contributed by atoms with Gasteiger partial charge < -0.3 is 9.88 Å². The molecule has 0 bridgehead atoms. The summed E-state index contributed by atoms with van der Waals surface area (Å²) >= 11 is 0. The van der Waals surface area contributed by atoms with Crippen LogP contribution in [0, 0.1) is 0 Å². The molecule has 1 saturated heterocycles. The molecule has 36 heavy (non-hydrogen) atoms. The predicted molar refractivity (Wildman–Crippen MR) is 147 cm³/mol. The van der Waals surface area contributed by atoms with E-state index in [1.807, 2.05) is 6.07 Å². The third kappa shape index (κ3) is 4.33. The fourth-order valence-electron chi connectivity index (χ4n) is 5.10. The molecule has 0 radical (unpaired) electrons. The molecule has 3 aromatic carbocycles. The van der Waals surface area contributed by atoms with Gasteiger partial charge in [-0.3, -0.25) is 14.9 Å². The third-order valence-electron chi connectivity index (χ3n) is 7.20. The van der Waals surface area contributed by atoms with Crippen molar-refractivity contribution in [2.45, 2.75) is 32.7 Å². The van der Waals surface area contributed by atoms with Crippen LogP contribution in [-0.4, -0.2) is 51.0 Å². The highest BCUT2D eigenvalue weighted by Crippen LogP contribution is 2.30. The van der Waals surface area contributed by atoms with Crippen LogP contribution in [0.4, 0.5) is 5.69 Å². The van der Waals surface area contributed by atoms with E-state index in [0.717, 1.165) is 66.2 Å². The average Bonchev–Trinajstić information content (AvgIpc) is 3.34. The molecule has 0 amide bonds. The molecule has 1 fully saturated rings. The smallest absolute Gasteiger partial charge is 0.138 e. The molecule has 2 aromatic heterocycles. The number of anilines is 1. The zero-order valence-electron chi connectivity index (χ0n) is 21.2. The molecule has 0 unspecified atom stereocenters. The monoisotopic (exact) mass is 476 g/mol. The van der Waals surface area contributed by atoms with Gasteiger partial charge in [0.25, 0.3) is 0 Å². The van der Waals surface area contributed by atoms with Gasteiger partial charge in [-0.2, -0.15) is 0 Å². The van der Waals surface area contributed by atoms with E-state index in [1.54, 1.807) is 12.4 Å². The van der Waals surface area contributed by atoms with Crippen LogP contribution in [-0.2, 0) is 12.0 Å². The quantitative estimate of drug-likeness (QED) is 0.356. The number of hydrogen-bond donors (Lipinski definition) is 1. The maximum absolute atomic E-state index is 5.04. The lowest BCUT2D eigenvalue weighted by Gasteiger charge is -2.36. The van der Waals surface area contributed by atoms with Gasteiger partial charge >= 0.3 is 0 Å². The first-order chi connectivity index (χ1) is 17.5. The maximum atomic E-state index is 5.04. The molecule has 0 atom stereocenters. The Kier molecular flexibility index (Phi) is 5.69. The van der Waals surface area contributed by atoms with Crippen molar-refractivity contribution < 1.29 is 0 Å². The van der Waals surface area contributed by atoms with Crippen LogP contribution in [0.15, 0.2) is 73.1 Å². The van der Waals surface area contributed by atoms with Gasteiger partial charge in [-0.1, -0.05) is 63.2 Å². The van der Waals surface area contributed by atoms with E-state index in [1.165, 1.54) is 16.8 Å². The SMILES string of the molecule is CC(C)(C)c1ccc(-c2nc3c(N4CCN(Cc5cccc6nccnc56)CC4)cccc3[nH]2)cc1. The number of benzene rings is 3. The Bertz CT molecular complexity index is 1500. The first-order valence-corrected chi connectivity index (χ1v) is 12.7. The molecule has 6 rings (SSSR count). The molecular formula is C30H32N6. The van der Waals surface area contributed by atoms with E-state index < -0.39 is 0 Å². The Morgan fingerprint density at radius 1 is 0.806 bits per heavy atom. The van der Waals surface area contributed by atoms with Gasteiger partial charge in [0, 0.05) is 50.7 Å². The normalized spacial score (nSPS) is 15.1. The predicted octanol–water partition coefficient (Wildman–Crippen LogP) is 5.79. The summed E-state index contributed by atoms with van der Waals surface area (Å²) in [5.74, 6) is 0.925. The average molecular weight is 477 g/mol. The summed E-state index contributed by atoms with van der Waals surface area (Å²) in [4.78, 5) is 22.6. The lowest BCUT2D eigenvalue weighted by atomic mass is 9.87. The molecule has 1 aliphatic heterocycles. The summed E-state index contributed by atoms with van der Waals surface area (Å²) in [6, 6.07) is 21.5. The van der Waals surface area contributed by atoms with Crippen molar-refractivity contribution in [2.75, 3.05) is 31.1 Å². The van der Waals surface area contributed by atoms with Crippen LogP contribution < -0.4 is 4.90 Å². The summed E-state index contributed by atoms with van der Waals surface area (Å²) in [6.07, 6.45) is 3.54. The molecule has 182 valence electrons. The minimum atomic E-state index is 0.142. The Morgan fingerprint density at radius 2 is 1.56 bits per heavy atom. The van der Waals surface area contributed by atoms with Crippen LogP contribution in [0.5, 0.6) is 0 Å². The van der Waals surface area contributed by atoms with Crippen molar-refractivity contribution in [2.24, 2.45) is 0 Å². The first kappa shape index (κ1) is 22.7. The van der Waals surface area contributed by atoms with Gasteiger partial charge in [0.2, 0.25) is 0 Å². The third-order valence-corrected chi connectivity index (χ3v) is 7.20. The number of rotatable bonds is 4. The van der Waals surface area contributed by atoms with Crippen LogP contribution in [0.25, 0.3) is 33.5 Å². The summed E-state index contributed by atoms with van der Waals surface area (Å²) in [5, 5.41) is 0. The van der Waals surface area contributed by atoms with E-state index >= 15 is 0 Å². The molecule has 1 aliphatic rings. The van der Waals surface area contributed by atoms with Gasteiger partial charge in [-0.15, -0.1) is 0 Å². The number of nitrogens with one attached hydrogen (secondary N) is 1. The fourth-order valence-corrected chi connectivity index (χ4v) is 5.10. The fraction of sp³-hybridized carbons (Fsp3) is 0.300. The van der Waals surface area contributed by atoms with Crippen molar-refractivity contribution in [3.05, 3.63) is 84.2 Å². The van der Waals surface area contributed by atoms with E-state index in [4.69, 9.17) is 4.98 Å². The summed E-state index contributed by atoms with van der Waals surface area (Å²) in [5.41, 5.74) is 9.13. The van der Waals surface area contributed by atoms with Crippen molar-refractivity contribution in [1.82, 2.24) is 24.8 Å². The number of nitrogens with zero attached hydrogens (tertiary/aromatic N) is 5. The molecule has 1 N–H and O–H groups in total. The highest BCUT2D eigenvalue weighted by atomic mass is 15.3. The molecule has 0 aliphatic carbocycles. The van der Waals surface area contributed by atoms with Gasteiger partial charge in [0.05, 0.1) is 22.2 Å².